The van der Waals surface area contributed by atoms with Gasteiger partial charge in [0.25, 0.3) is 0 Å². The number of imidazole rings is 1. The second kappa shape index (κ2) is 7.56. The first-order chi connectivity index (χ1) is 13.6. The zero-order chi connectivity index (χ0) is 19.5. The quantitative estimate of drug-likeness (QED) is 0.532. The number of nitrogens with one attached hydrogen (secondary N) is 1. The van der Waals surface area contributed by atoms with Gasteiger partial charge in [-0.05, 0) is 61.4 Å². The Morgan fingerprint density at radius 3 is 2.54 bits per heavy atom. The summed E-state index contributed by atoms with van der Waals surface area (Å²) >= 11 is 0. The molecule has 1 heterocycles. The summed E-state index contributed by atoms with van der Waals surface area (Å²) in [5.41, 5.74) is 4.84. The molecule has 140 valence electrons. The fourth-order valence-electron chi connectivity index (χ4n) is 3.06. The fourth-order valence-corrected chi connectivity index (χ4v) is 3.06. The average Bonchev–Trinajstić information content (AvgIpc) is 3.06. The van der Waals surface area contributed by atoms with E-state index in [0.29, 0.717) is 11.4 Å². The number of rotatable bonds is 5. The van der Waals surface area contributed by atoms with Gasteiger partial charge in [-0.25, -0.2) is 4.98 Å². The van der Waals surface area contributed by atoms with Crippen LogP contribution in [0.4, 0.5) is 5.69 Å². The average molecular weight is 371 g/mol. The van der Waals surface area contributed by atoms with Gasteiger partial charge in [0, 0.05) is 0 Å². The smallest absolute Gasteiger partial charge is 0.244 e. The molecule has 4 rings (SSSR count). The molecule has 1 N–H and O–H groups in total. The van der Waals surface area contributed by atoms with Crippen molar-refractivity contribution in [2.24, 2.45) is 0 Å². The molecule has 0 aliphatic carbocycles. The maximum absolute atomic E-state index is 12.7. The molecule has 1 aromatic heterocycles. The predicted molar refractivity (Wildman–Crippen MR) is 111 cm³/mol. The van der Waals surface area contributed by atoms with E-state index in [0.717, 1.165) is 16.8 Å². The lowest BCUT2D eigenvalue weighted by molar-refractivity contribution is -0.116. The van der Waals surface area contributed by atoms with E-state index >= 15 is 0 Å². The number of benzene rings is 3. The molecule has 4 aromatic rings. The van der Waals surface area contributed by atoms with Gasteiger partial charge in [-0.3, -0.25) is 4.79 Å². The van der Waals surface area contributed by atoms with Crippen LogP contribution in [0, 0.1) is 13.8 Å². The van der Waals surface area contributed by atoms with Crippen molar-refractivity contribution in [2.75, 3.05) is 5.32 Å². The van der Waals surface area contributed by atoms with E-state index in [4.69, 9.17) is 4.74 Å². The SMILES string of the molecule is Cc1cc2ncn(CC(=O)Nc3ccccc3Oc3ccccc3)c2cc1C. The summed E-state index contributed by atoms with van der Waals surface area (Å²) in [6.45, 7) is 4.30. The van der Waals surface area contributed by atoms with Crippen molar-refractivity contribution in [3.63, 3.8) is 0 Å². The molecule has 0 saturated carbocycles. The number of nitrogens with zero attached hydrogens (tertiary/aromatic N) is 2. The van der Waals surface area contributed by atoms with Gasteiger partial charge in [-0.1, -0.05) is 30.3 Å². The molecule has 1 amide bonds. The number of carbonyl (C=O) groups is 1. The number of anilines is 1. The van der Waals surface area contributed by atoms with Gasteiger partial charge >= 0.3 is 0 Å². The van der Waals surface area contributed by atoms with Crippen LogP contribution in [-0.4, -0.2) is 15.5 Å². The fraction of sp³-hybridized carbons (Fsp3) is 0.130. The topological polar surface area (TPSA) is 56.2 Å². The number of ether oxygens (including phenoxy) is 1. The highest BCUT2D eigenvalue weighted by atomic mass is 16.5. The molecular weight excluding hydrogens is 350 g/mol. The number of aromatic nitrogens is 2. The van der Waals surface area contributed by atoms with Crippen LogP contribution in [0.25, 0.3) is 11.0 Å². The van der Waals surface area contributed by atoms with Crippen LogP contribution in [-0.2, 0) is 11.3 Å². The Labute approximate surface area is 163 Å². The van der Waals surface area contributed by atoms with Crippen molar-refractivity contribution in [1.82, 2.24) is 9.55 Å². The second-order valence-electron chi connectivity index (χ2n) is 6.76. The summed E-state index contributed by atoms with van der Waals surface area (Å²) in [4.78, 5) is 17.1. The largest absolute Gasteiger partial charge is 0.455 e. The molecule has 0 fully saturated rings. The molecule has 0 aliphatic heterocycles. The highest BCUT2D eigenvalue weighted by molar-refractivity contribution is 5.93. The van der Waals surface area contributed by atoms with Crippen LogP contribution in [0.5, 0.6) is 11.5 Å². The normalized spacial score (nSPS) is 10.8. The zero-order valence-electron chi connectivity index (χ0n) is 15.8. The van der Waals surface area contributed by atoms with Crippen molar-refractivity contribution >= 4 is 22.6 Å². The Morgan fingerprint density at radius 2 is 1.71 bits per heavy atom. The van der Waals surface area contributed by atoms with E-state index in [1.165, 1.54) is 11.1 Å². The summed E-state index contributed by atoms with van der Waals surface area (Å²) in [6, 6.07) is 21.0. The first kappa shape index (κ1) is 17.8. The van der Waals surface area contributed by atoms with Crippen molar-refractivity contribution in [3.8, 4) is 11.5 Å². The Hall–Kier alpha value is -3.60. The minimum absolute atomic E-state index is 0.137. The molecular formula is C23H21N3O2. The van der Waals surface area contributed by atoms with Gasteiger partial charge in [-0.15, -0.1) is 0 Å². The summed E-state index contributed by atoms with van der Waals surface area (Å²) in [5.74, 6) is 1.18. The van der Waals surface area contributed by atoms with Crippen LogP contribution in [0.2, 0.25) is 0 Å². The van der Waals surface area contributed by atoms with E-state index in [1.54, 1.807) is 6.33 Å². The van der Waals surface area contributed by atoms with Crippen molar-refractivity contribution in [1.29, 1.82) is 0 Å². The van der Waals surface area contributed by atoms with Gasteiger partial charge in [0.1, 0.15) is 12.3 Å². The molecule has 0 saturated heterocycles. The highest BCUT2D eigenvalue weighted by Crippen LogP contribution is 2.29. The molecule has 0 aliphatic rings. The zero-order valence-corrected chi connectivity index (χ0v) is 15.8. The molecule has 0 spiro atoms. The van der Waals surface area contributed by atoms with Crippen molar-refractivity contribution < 1.29 is 9.53 Å². The summed E-state index contributed by atoms with van der Waals surface area (Å²) in [7, 11) is 0. The standard InChI is InChI=1S/C23H21N3O2/c1-16-12-20-21(13-17(16)2)26(15-24-20)14-23(27)25-19-10-6-7-11-22(19)28-18-8-4-3-5-9-18/h3-13,15H,14H2,1-2H3,(H,25,27). The van der Waals surface area contributed by atoms with Crippen LogP contribution in [0.3, 0.4) is 0 Å². The lowest BCUT2D eigenvalue weighted by atomic mass is 10.1. The molecule has 0 radical (unpaired) electrons. The van der Waals surface area contributed by atoms with Gasteiger partial charge in [0.05, 0.1) is 23.0 Å². The Kier molecular flexibility index (Phi) is 4.81. The molecule has 5 nitrogen and oxygen atoms in total. The summed E-state index contributed by atoms with van der Waals surface area (Å²) in [6.07, 6.45) is 1.70. The monoisotopic (exact) mass is 371 g/mol. The highest BCUT2D eigenvalue weighted by Gasteiger charge is 2.12. The van der Waals surface area contributed by atoms with Gasteiger partial charge in [-0.2, -0.15) is 0 Å². The van der Waals surface area contributed by atoms with Crippen LogP contribution < -0.4 is 10.1 Å². The summed E-state index contributed by atoms with van der Waals surface area (Å²) in [5, 5.41) is 2.95. The van der Waals surface area contributed by atoms with Crippen LogP contribution in [0.15, 0.2) is 73.1 Å². The minimum Gasteiger partial charge on any atom is -0.455 e. The third-order valence-electron chi connectivity index (χ3n) is 4.68. The van der Waals surface area contributed by atoms with E-state index in [1.807, 2.05) is 65.2 Å². The first-order valence-corrected chi connectivity index (χ1v) is 9.14. The lowest BCUT2D eigenvalue weighted by Gasteiger charge is -2.12. The van der Waals surface area contributed by atoms with E-state index < -0.39 is 0 Å². The van der Waals surface area contributed by atoms with E-state index in [9.17, 15) is 4.79 Å². The van der Waals surface area contributed by atoms with Crippen molar-refractivity contribution in [3.05, 3.63) is 84.2 Å². The molecule has 3 aromatic carbocycles. The van der Waals surface area contributed by atoms with E-state index in [-0.39, 0.29) is 12.5 Å². The maximum Gasteiger partial charge on any atom is 0.244 e. The molecule has 0 unspecified atom stereocenters. The second-order valence-corrected chi connectivity index (χ2v) is 6.76. The third kappa shape index (κ3) is 3.74. The van der Waals surface area contributed by atoms with Crippen LogP contribution >= 0.6 is 0 Å². The Bertz CT molecular complexity index is 1130. The number of aryl methyl sites for hydroxylation is 2. The molecule has 0 bridgehead atoms. The van der Waals surface area contributed by atoms with Crippen molar-refractivity contribution in [2.45, 2.75) is 20.4 Å². The predicted octanol–water partition coefficient (Wildman–Crippen LogP) is 5.08. The van der Waals surface area contributed by atoms with Gasteiger partial charge < -0.3 is 14.6 Å². The number of hydrogen-bond acceptors (Lipinski definition) is 3. The molecule has 5 heteroatoms. The minimum atomic E-state index is -0.137. The van der Waals surface area contributed by atoms with Crippen LogP contribution in [0.1, 0.15) is 11.1 Å². The third-order valence-corrected chi connectivity index (χ3v) is 4.68. The Morgan fingerprint density at radius 1 is 1.00 bits per heavy atom. The lowest BCUT2D eigenvalue weighted by Crippen LogP contribution is -2.18. The first-order valence-electron chi connectivity index (χ1n) is 9.14. The molecule has 28 heavy (non-hydrogen) atoms. The van der Waals surface area contributed by atoms with Gasteiger partial charge in [0.2, 0.25) is 5.91 Å². The maximum atomic E-state index is 12.7. The number of fused-ring (bicyclic) bond motifs is 1. The molecule has 0 atom stereocenters. The number of amides is 1. The van der Waals surface area contributed by atoms with Gasteiger partial charge in [0.15, 0.2) is 5.75 Å². The summed E-state index contributed by atoms with van der Waals surface area (Å²) < 4.78 is 7.77. The number of para-hydroxylation sites is 3. The Balaban J connectivity index is 1.53. The number of carbonyl (C=O) groups excluding carboxylic acids is 1. The van der Waals surface area contributed by atoms with E-state index in [2.05, 4.69) is 30.2 Å². The number of hydrogen-bond donors (Lipinski definition) is 1.